The molecule has 0 bridgehead atoms. The molecule has 0 aliphatic heterocycles. The molecule has 0 saturated heterocycles. The van der Waals surface area contributed by atoms with Gasteiger partial charge in [-0.05, 0) is 36.8 Å². The number of carbonyl (C=O) groups is 2. The zero-order valence-electron chi connectivity index (χ0n) is 22.9. The molecule has 0 saturated carbocycles. The molecular formula is C28H37N7O4S2. The smallest absolute Gasteiger partial charge is 0.259 e. The number of carbonyl (C=O) groups excluding carboxylic acids is 2. The molecular weight excluding hydrogens is 562 g/mol. The lowest BCUT2D eigenvalue weighted by Crippen LogP contribution is -2.21. The molecule has 12 N–H and O–H groups in total. The third kappa shape index (κ3) is 8.52. The number of nitrogen functional groups attached to an aromatic ring is 1. The zero-order valence-corrected chi connectivity index (χ0v) is 24.5. The van der Waals surface area contributed by atoms with E-state index in [1.165, 1.54) is 23.9 Å². The standard InChI is InChI=1S/C28H37N7O4S2/c1-17-4-2-6-21(25(17)40-13-10-31)34-27(36)18-14-19(24(39-12-9-30)15-23(18)38-11-8-29)28(37)35-22-7-3-5-20(33)26(22)41-16-32/h2-7,14-15H,8-13,16,29-33H2,1H3,(H,34,36)(H,35,37). The number of rotatable bonds is 15. The molecule has 0 aromatic heterocycles. The van der Waals surface area contributed by atoms with Crippen LogP contribution in [0.25, 0.3) is 0 Å². The molecule has 3 aromatic carbocycles. The first kappa shape index (κ1) is 32.1. The van der Waals surface area contributed by atoms with Crippen LogP contribution in [0.1, 0.15) is 26.3 Å². The Hall–Kier alpha value is -3.46. The highest BCUT2D eigenvalue weighted by Gasteiger charge is 2.24. The van der Waals surface area contributed by atoms with Crippen LogP contribution < -0.4 is 48.8 Å². The highest BCUT2D eigenvalue weighted by Crippen LogP contribution is 2.36. The molecule has 3 aromatic rings. The molecule has 2 amide bonds. The van der Waals surface area contributed by atoms with Crippen LogP contribution in [-0.2, 0) is 0 Å². The average Bonchev–Trinajstić information content (AvgIpc) is 2.96. The molecule has 11 nitrogen and oxygen atoms in total. The number of hydrogen-bond acceptors (Lipinski definition) is 11. The van der Waals surface area contributed by atoms with Gasteiger partial charge in [-0.1, -0.05) is 18.2 Å². The van der Waals surface area contributed by atoms with Gasteiger partial charge in [0.2, 0.25) is 0 Å². The van der Waals surface area contributed by atoms with Crippen molar-refractivity contribution in [1.29, 1.82) is 0 Å². The molecule has 3 rings (SSSR count). The van der Waals surface area contributed by atoms with Crippen molar-refractivity contribution in [2.75, 3.05) is 60.8 Å². The van der Waals surface area contributed by atoms with Crippen molar-refractivity contribution in [3.8, 4) is 11.5 Å². The van der Waals surface area contributed by atoms with Gasteiger partial charge < -0.3 is 48.8 Å². The lowest BCUT2D eigenvalue weighted by molar-refractivity contribution is 0.102. The minimum absolute atomic E-state index is 0.108. The number of amides is 2. The minimum atomic E-state index is -0.518. The highest BCUT2D eigenvalue weighted by molar-refractivity contribution is 7.99. The van der Waals surface area contributed by atoms with Gasteiger partial charge in [0.25, 0.3) is 11.8 Å². The first-order chi connectivity index (χ1) is 19.8. The van der Waals surface area contributed by atoms with Gasteiger partial charge in [0, 0.05) is 47.9 Å². The third-order valence-electron chi connectivity index (χ3n) is 5.67. The Balaban J connectivity index is 2.06. The quantitative estimate of drug-likeness (QED) is 0.0768. The first-order valence-electron chi connectivity index (χ1n) is 12.9. The summed E-state index contributed by atoms with van der Waals surface area (Å²) in [5.41, 5.74) is 31.7. The number of benzene rings is 3. The normalized spacial score (nSPS) is 10.8. The van der Waals surface area contributed by atoms with E-state index >= 15 is 0 Å². The lowest BCUT2D eigenvalue weighted by atomic mass is 10.1. The van der Waals surface area contributed by atoms with E-state index in [9.17, 15) is 9.59 Å². The van der Waals surface area contributed by atoms with Gasteiger partial charge >= 0.3 is 0 Å². The summed E-state index contributed by atoms with van der Waals surface area (Å²) in [6, 6.07) is 13.7. The van der Waals surface area contributed by atoms with Crippen molar-refractivity contribution in [2.45, 2.75) is 16.7 Å². The fourth-order valence-corrected chi connectivity index (χ4v) is 5.44. The van der Waals surface area contributed by atoms with E-state index in [2.05, 4.69) is 10.6 Å². The number of aryl methyl sites for hydroxylation is 1. The second-order valence-electron chi connectivity index (χ2n) is 8.65. The second kappa shape index (κ2) is 16.1. The van der Waals surface area contributed by atoms with Crippen molar-refractivity contribution >= 4 is 52.4 Å². The maximum atomic E-state index is 13.7. The Morgan fingerprint density at radius 2 is 1.32 bits per heavy atom. The summed E-state index contributed by atoms with van der Waals surface area (Å²) in [7, 11) is 0. The largest absolute Gasteiger partial charge is 0.491 e. The fourth-order valence-electron chi connectivity index (χ4n) is 3.87. The van der Waals surface area contributed by atoms with E-state index in [1.807, 2.05) is 25.1 Å². The van der Waals surface area contributed by atoms with Crippen LogP contribution in [0.3, 0.4) is 0 Å². The van der Waals surface area contributed by atoms with E-state index in [0.29, 0.717) is 34.3 Å². The maximum Gasteiger partial charge on any atom is 0.259 e. The van der Waals surface area contributed by atoms with E-state index < -0.39 is 11.8 Å². The van der Waals surface area contributed by atoms with Crippen LogP contribution in [0.2, 0.25) is 0 Å². The van der Waals surface area contributed by atoms with Gasteiger partial charge in [-0.2, -0.15) is 0 Å². The summed E-state index contributed by atoms with van der Waals surface area (Å²) in [6.07, 6.45) is 0. The Bertz CT molecular complexity index is 1360. The molecule has 0 fully saturated rings. The Kier molecular flexibility index (Phi) is 12.6. The van der Waals surface area contributed by atoms with Crippen molar-refractivity contribution < 1.29 is 19.1 Å². The van der Waals surface area contributed by atoms with Crippen molar-refractivity contribution in [1.82, 2.24) is 0 Å². The van der Waals surface area contributed by atoms with Gasteiger partial charge in [-0.3, -0.25) is 9.59 Å². The zero-order chi connectivity index (χ0) is 29.8. The van der Waals surface area contributed by atoms with Crippen molar-refractivity contribution in [3.05, 3.63) is 65.2 Å². The number of nitrogens with two attached hydrogens (primary N) is 5. The predicted octanol–water partition coefficient (Wildman–Crippen LogP) is 2.82. The summed E-state index contributed by atoms with van der Waals surface area (Å²) < 4.78 is 11.6. The van der Waals surface area contributed by atoms with Crippen molar-refractivity contribution in [3.63, 3.8) is 0 Å². The Morgan fingerprint density at radius 3 is 1.85 bits per heavy atom. The van der Waals surface area contributed by atoms with Crippen LogP contribution in [-0.4, -0.2) is 56.3 Å². The van der Waals surface area contributed by atoms with E-state index in [1.54, 1.807) is 30.0 Å². The molecule has 0 aliphatic rings. The molecule has 0 heterocycles. The lowest BCUT2D eigenvalue weighted by Gasteiger charge is -2.19. The highest BCUT2D eigenvalue weighted by atomic mass is 32.2. The topological polar surface area (TPSA) is 207 Å². The molecule has 13 heteroatoms. The predicted molar refractivity (Wildman–Crippen MR) is 168 cm³/mol. The van der Waals surface area contributed by atoms with Crippen LogP contribution in [0, 0.1) is 6.92 Å². The van der Waals surface area contributed by atoms with Crippen LogP contribution in [0.4, 0.5) is 17.1 Å². The Morgan fingerprint density at radius 1 is 0.756 bits per heavy atom. The second-order valence-corrected chi connectivity index (χ2v) is 10.8. The molecule has 220 valence electrons. The molecule has 0 atom stereocenters. The number of hydrogen-bond donors (Lipinski definition) is 7. The van der Waals surface area contributed by atoms with Gasteiger partial charge in [-0.15, -0.1) is 23.5 Å². The monoisotopic (exact) mass is 599 g/mol. The SMILES string of the molecule is Cc1cccc(NC(=O)c2cc(C(=O)Nc3cccc(N)c3SCN)c(OCCN)cc2OCCN)c1SCCN. The molecule has 0 unspecified atom stereocenters. The number of ether oxygens (including phenoxy) is 2. The molecule has 0 radical (unpaired) electrons. The maximum absolute atomic E-state index is 13.7. The van der Waals surface area contributed by atoms with Gasteiger partial charge in [0.15, 0.2) is 0 Å². The fraction of sp³-hybridized carbons (Fsp3) is 0.286. The number of nitrogens with one attached hydrogen (secondary N) is 2. The van der Waals surface area contributed by atoms with Gasteiger partial charge in [-0.25, -0.2) is 0 Å². The van der Waals surface area contributed by atoms with E-state index in [4.69, 9.17) is 38.1 Å². The van der Waals surface area contributed by atoms with Crippen LogP contribution in [0.15, 0.2) is 58.3 Å². The van der Waals surface area contributed by atoms with Crippen molar-refractivity contribution in [2.24, 2.45) is 22.9 Å². The summed E-state index contributed by atoms with van der Waals surface area (Å²) >= 11 is 2.85. The van der Waals surface area contributed by atoms with E-state index in [0.717, 1.165) is 10.5 Å². The summed E-state index contributed by atoms with van der Waals surface area (Å²) in [4.78, 5) is 28.9. The minimum Gasteiger partial charge on any atom is -0.491 e. The van der Waals surface area contributed by atoms with Gasteiger partial charge in [0.1, 0.15) is 24.7 Å². The average molecular weight is 600 g/mol. The number of thioether (sulfide) groups is 2. The first-order valence-corrected chi connectivity index (χ1v) is 14.9. The Labute approximate surface area is 248 Å². The van der Waals surface area contributed by atoms with Crippen LogP contribution in [0.5, 0.6) is 11.5 Å². The van der Waals surface area contributed by atoms with E-state index in [-0.39, 0.29) is 54.8 Å². The summed E-state index contributed by atoms with van der Waals surface area (Å²) in [6.45, 7) is 3.17. The number of anilines is 3. The van der Waals surface area contributed by atoms with Crippen LogP contribution >= 0.6 is 23.5 Å². The van der Waals surface area contributed by atoms with Gasteiger partial charge in [0.05, 0.1) is 27.4 Å². The summed E-state index contributed by atoms with van der Waals surface area (Å²) in [5, 5.41) is 5.84. The summed E-state index contributed by atoms with van der Waals surface area (Å²) in [5.74, 6) is 0.372. The molecule has 0 aliphatic carbocycles. The molecule has 0 spiro atoms. The third-order valence-corrected chi connectivity index (χ3v) is 7.85. The molecule has 41 heavy (non-hydrogen) atoms.